The fourth-order valence-electron chi connectivity index (χ4n) is 4.69. The molecule has 0 saturated carbocycles. The van der Waals surface area contributed by atoms with Crippen molar-refractivity contribution in [3.05, 3.63) is 51.2 Å². The van der Waals surface area contributed by atoms with Crippen LogP contribution in [0.3, 0.4) is 0 Å². The predicted octanol–water partition coefficient (Wildman–Crippen LogP) is 2.88. The average Bonchev–Trinajstić information content (AvgIpc) is 3.33. The molecule has 1 aromatic heterocycles. The molecule has 3 N–H and O–H groups in total. The molecule has 0 spiro atoms. The number of aliphatic imine (C=N–C) groups is 1. The number of ether oxygens (including phenoxy) is 1. The predicted molar refractivity (Wildman–Crippen MR) is 140 cm³/mol. The van der Waals surface area contributed by atoms with Gasteiger partial charge in [-0.1, -0.05) is 18.2 Å². The molecule has 0 bridgehead atoms. The lowest BCUT2D eigenvalue weighted by molar-refractivity contribution is 0.0561. The molecule has 2 aliphatic heterocycles. The van der Waals surface area contributed by atoms with Gasteiger partial charge in [-0.25, -0.2) is 0 Å². The van der Waals surface area contributed by atoms with Crippen LogP contribution in [-0.2, 0) is 11.3 Å². The molecule has 2 fully saturated rings. The number of amides is 2. The molecular formula is C26H32N6O3S. The molecule has 0 radical (unpaired) electrons. The molecule has 2 aliphatic rings. The lowest BCUT2D eigenvalue weighted by Gasteiger charge is -2.35. The van der Waals surface area contributed by atoms with E-state index in [-0.39, 0.29) is 30.4 Å². The molecule has 1 atom stereocenters. The standard InChI is InChI=1S/C26H32N6O3S/c1-29-23-22(25(33)30-21-8-11-35-12-9-21)16-36-24(23)26(34)32(17-31-10-4-7-20(28)15-31)14-19-6-3-2-5-18(19)13-27/h2-3,5-6,16,20-21H,1,4,7-12,14-15,17,28H2,(H,30,33)/t20-/m1/s1. The first kappa shape index (κ1) is 26.0. The third-order valence-corrected chi connectivity index (χ3v) is 7.57. The third kappa shape index (κ3) is 6.17. The van der Waals surface area contributed by atoms with E-state index in [9.17, 15) is 14.9 Å². The third-order valence-electron chi connectivity index (χ3n) is 6.62. The minimum absolute atomic E-state index is 0.0326. The Hall–Kier alpha value is -3.10. The van der Waals surface area contributed by atoms with Crippen LogP contribution in [0.1, 0.15) is 56.8 Å². The Bertz CT molecular complexity index is 1140. The van der Waals surface area contributed by atoms with Gasteiger partial charge in [-0.3, -0.25) is 19.5 Å². The SMILES string of the molecule is C=Nc1c(C(=O)NC2CCOCC2)csc1C(=O)N(Cc1ccccc1C#N)CN1CCC[C@@H](N)C1. The van der Waals surface area contributed by atoms with Gasteiger partial charge in [0.15, 0.2) is 0 Å². The Kier molecular flexibility index (Phi) is 8.83. The van der Waals surface area contributed by atoms with E-state index in [1.54, 1.807) is 22.4 Å². The average molecular weight is 509 g/mol. The normalized spacial score (nSPS) is 18.8. The monoisotopic (exact) mass is 508 g/mol. The molecule has 10 heteroatoms. The summed E-state index contributed by atoms with van der Waals surface area (Å²) >= 11 is 1.19. The Morgan fingerprint density at radius 1 is 1.31 bits per heavy atom. The molecule has 2 amide bonds. The highest BCUT2D eigenvalue weighted by atomic mass is 32.1. The minimum atomic E-state index is -0.261. The number of piperidine rings is 1. The quantitative estimate of drug-likeness (QED) is 0.529. The van der Waals surface area contributed by atoms with E-state index >= 15 is 0 Å². The number of hydrogen-bond donors (Lipinski definition) is 2. The summed E-state index contributed by atoms with van der Waals surface area (Å²) in [5.41, 5.74) is 8.11. The van der Waals surface area contributed by atoms with E-state index in [1.807, 2.05) is 12.1 Å². The summed E-state index contributed by atoms with van der Waals surface area (Å²) < 4.78 is 5.37. The van der Waals surface area contributed by atoms with Crippen molar-refractivity contribution in [1.29, 1.82) is 5.26 Å². The Balaban J connectivity index is 1.59. The Morgan fingerprint density at radius 2 is 2.08 bits per heavy atom. The first-order valence-electron chi connectivity index (χ1n) is 12.2. The van der Waals surface area contributed by atoms with Crippen molar-refractivity contribution in [3.63, 3.8) is 0 Å². The zero-order valence-electron chi connectivity index (χ0n) is 20.3. The van der Waals surface area contributed by atoms with Gasteiger partial charge in [-0.15, -0.1) is 11.3 Å². The smallest absolute Gasteiger partial charge is 0.267 e. The van der Waals surface area contributed by atoms with E-state index in [0.717, 1.165) is 37.8 Å². The molecule has 36 heavy (non-hydrogen) atoms. The van der Waals surface area contributed by atoms with Gasteiger partial charge in [0.2, 0.25) is 0 Å². The largest absolute Gasteiger partial charge is 0.381 e. The lowest BCUT2D eigenvalue weighted by atomic mass is 10.1. The number of nitriles is 1. The molecule has 9 nitrogen and oxygen atoms in total. The van der Waals surface area contributed by atoms with Crippen LogP contribution in [0.15, 0.2) is 34.6 Å². The van der Waals surface area contributed by atoms with Crippen molar-refractivity contribution < 1.29 is 14.3 Å². The van der Waals surface area contributed by atoms with Crippen molar-refractivity contribution in [1.82, 2.24) is 15.1 Å². The van der Waals surface area contributed by atoms with Gasteiger partial charge < -0.3 is 20.7 Å². The van der Waals surface area contributed by atoms with Crippen LogP contribution in [-0.4, -0.2) is 73.4 Å². The topological polar surface area (TPSA) is 124 Å². The van der Waals surface area contributed by atoms with Crippen LogP contribution in [0, 0.1) is 11.3 Å². The van der Waals surface area contributed by atoms with Crippen molar-refractivity contribution in [2.45, 2.75) is 44.3 Å². The van der Waals surface area contributed by atoms with Crippen LogP contribution >= 0.6 is 11.3 Å². The number of carbonyl (C=O) groups is 2. The van der Waals surface area contributed by atoms with Crippen LogP contribution in [0.2, 0.25) is 0 Å². The zero-order chi connectivity index (χ0) is 25.5. The number of benzene rings is 1. The Morgan fingerprint density at radius 3 is 2.81 bits per heavy atom. The zero-order valence-corrected chi connectivity index (χ0v) is 21.1. The van der Waals surface area contributed by atoms with E-state index in [0.29, 0.717) is 48.1 Å². The number of hydrogen-bond acceptors (Lipinski definition) is 8. The highest BCUT2D eigenvalue weighted by Gasteiger charge is 2.29. The number of nitrogens with zero attached hydrogens (tertiary/aromatic N) is 4. The summed E-state index contributed by atoms with van der Waals surface area (Å²) in [4.78, 5) is 35.2. The van der Waals surface area contributed by atoms with Crippen LogP contribution < -0.4 is 11.1 Å². The van der Waals surface area contributed by atoms with Gasteiger partial charge in [0.05, 0.1) is 29.6 Å². The van der Waals surface area contributed by atoms with Crippen molar-refractivity contribution in [2.75, 3.05) is 33.0 Å². The molecule has 2 saturated heterocycles. The lowest BCUT2D eigenvalue weighted by Crippen LogP contribution is -2.48. The summed E-state index contributed by atoms with van der Waals surface area (Å²) in [6, 6.07) is 9.57. The highest BCUT2D eigenvalue weighted by Crippen LogP contribution is 2.33. The minimum Gasteiger partial charge on any atom is -0.381 e. The van der Waals surface area contributed by atoms with Crippen molar-refractivity contribution in [2.24, 2.45) is 10.7 Å². The molecule has 0 aliphatic carbocycles. The summed E-state index contributed by atoms with van der Waals surface area (Å²) in [5.74, 6) is -0.512. The van der Waals surface area contributed by atoms with Gasteiger partial charge in [-0.2, -0.15) is 5.26 Å². The van der Waals surface area contributed by atoms with Gasteiger partial charge >= 0.3 is 0 Å². The number of nitrogens with one attached hydrogen (secondary N) is 1. The number of carbonyl (C=O) groups excluding carboxylic acids is 2. The number of thiophene rings is 1. The molecule has 2 aromatic rings. The molecule has 0 unspecified atom stereocenters. The summed E-state index contributed by atoms with van der Waals surface area (Å²) in [6.07, 6.45) is 3.43. The fourth-order valence-corrected chi connectivity index (χ4v) is 5.66. The number of nitrogens with two attached hydrogens (primary N) is 1. The van der Waals surface area contributed by atoms with Gasteiger partial charge in [-0.05, 0) is 50.6 Å². The number of likely N-dealkylation sites (tertiary alicyclic amines) is 1. The molecule has 1 aromatic carbocycles. The molecule has 4 rings (SSSR count). The first-order chi connectivity index (χ1) is 17.5. The van der Waals surface area contributed by atoms with Crippen LogP contribution in [0.25, 0.3) is 0 Å². The van der Waals surface area contributed by atoms with E-state index in [1.165, 1.54) is 11.3 Å². The first-order valence-corrected chi connectivity index (χ1v) is 13.1. The number of rotatable bonds is 8. The van der Waals surface area contributed by atoms with Gasteiger partial charge in [0.1, 0.15) is 4.88 Å². The molecule has 3 heterocycles. The highest BCUT2D eigenvalue weighted by molar-refractivity contribution is 7.13. The van der Waals surface area contributed by atoms with Crippen molar-refractivity contribution >= 4 is 35.6 Å². The summed E-state index contributed by atoms with van der Waals surface area (Å²) in [7, 11) is 0. The van der Waals surface area contributed by atoms with E-state index < -0.39 is 0 Å². The summed E-state index contributed by atoms with van der Waals surface area (Å²) in [6.45, 7) is 7.03. The maximum Gasteiger partial charge on any atom is 0.267 e. The fraction of sp³-hybridized carbons (Fsp3) is 0.462. The molecule has 190 valence electrons. The second kappa shape index (κ2) is 12.2. The van der Waals surface area contributed by atoms with Gasteiger partial charge in [0, 0.05) is 43.8 Å². The van der Waals surface area contributed by atoms with E-state index in [4.69, 9.17) is 10.5 Å². The maximum atomic E-state index is 13.9. The molecular weight excluding hydrogens is 476 g/mol. The van der Waals surface area contributed by atoms with E-state index in [2.05, 4.69) is 28.0 Å². The van der Waals surface area contributed by atoms with Crippen LogP contribution in [0.5, 0.6) is 0 Å². The van der Waals surface area contributed by atoms with Crippen molar-refractivity contribution in [3.8, 4) is 6.07 Å². The van der Waals surface area contributed by atoms with Crippen LogP contribution in [0.4, 0.5) is 5.69 Å². The summed E-state index contributed by atoms with van der Waals surface area (Å²) in [5, 5.41) is 14.3. The second-order valence-electron chi connectivity index (χ2n) is 9.24. The second-order valence-corrected chi connectivity index (χ2v) is 10.1. The maximum absolute atomic E-state index is 13.9. The Labute approximate surface area is 215 Å². The van der Waals surface area contributed by atoms with Gasteiger partial charge in [0.25, 0.3) is 11.8 Å².